The lowest BCUT2D eigenvalue weighted by molar-refractivity contribution is -0.123. The van der Waals surface area contributed by atoms with Crippen molar-refractivity contribution < 1.29 is 23.5 Å². The summed E-state index contributed by atoms with van der Waals surface area (Å²) < 4.78 is 23.8. The topological polar surface area (TPSA) is 64.6 Å². The normalized spacial score (nSPS) is 11.5. The minimum Gasteiger partial charge on any atom is -0.497 e. The molecule has 1 heterocycles. The number of nitrogens with one attached hydrogen (secondary N) is 1. The van der Waals surface area contributed by atoms with E-state index in [1.165, 1.54) is 36.6 Å². The van der Waals surface area contributed by atoms with Gasteiger partial charge in [0.25, 0.3) is 5.91 Å². The first kappa shape index (κ1) is 19.6. The summed E-state index contributed by atoms with van der Waals surface area (Å²) in [5.74, 6) is 0.105. The molecular weight excluding hydrogens is 381 g/mol. The molecule has 28 heavy (non-hydrogen) atoms. The van der Waals surface area contributed by atoms with Crippen molar-refractivity contribution in [1.29, 1.82) is 0 Å². The highest BCUT2D eigenvalue weighted by molar-refractivity contribution is 7.10. The second-order valence-corrected chi connectivity index (χ2v) is 6.86. The van der Waals surface area contributed by atoms with Crippen LogP contribution in [0.15, 0.2) is 60.0 Å². The lowest BCUT2D eigenvalue weighted by Crippen LogP contribution is -2.33. The molecule has 144 valence electrons. The Morgan fingerprint density at radius 3 is 2.64 bits per heavy atom. The summed E-state index contributed by atoms with van der Waals surface area (Å²) in [5.41, 5.74) is 1.05. The minimum atomic E-state index is -0.418. The van der Waals surface area contributed by atoms with Crippen molar-refractivity contribution in [3.8, 4) is 11.5 Å². The zero-order valence-corrected chi connectivity index (χ0v) is 15.9. The largest absolute Gasteiger partial charge is 0.497 e. The molecule has 3 rings (SSSR count). The highest BCUT2D eigenvalue weighted by Crippen LogP contribution is 2.26. The molecule has 1 amide bonds. The molecule has 5 nitrogen and oxygen atoms in total. The number of aldehydes is 1. The number of rotatable bonds is 8. The van der Waals surface area contributed by atoms with Gasteiger partial charge in [-0.1, -0.05) is 18.2 Å². The Morgan fingerprint density at radius 1 is 1.21 bits per heavy atom. The summed E-state index contributed by atoms with van der Waals surface area (Å²) in [7, 11) is 1.50. The van der Waals surface area contributed by atoms with Crippen LogP contribution < -0.4 is 14.8 Å². The number of methoxy groups -OCH3 is 1. The Labute approximate surface area is 165 Å². The highest BCUT2D eigenvalue weighted by atomic mass is 32.1. The molecular formula is C21H18FNO4S. The van der Waals surface area contributed by atoms with Gasteiger partial charge in [-0.2, -0.15) is 0 Å². The van der Waals surface area contributed by atoms with Crippen molar-refractivity contribution >= 4 is 23.5 Å². The smallest absolute Gasteiger partial charge is 0.258 e. The van der Waals surface area contributed by atoms with Crippen molar-refractivity contribution in [3.05, 3.63) is 81.8 Å². The third-order valence-corrected chi connectivity index (χ3v) is 4.98. The second-order valence-electron chi connectivity index (χ2n) is 5.88. The molecule has 0 unspecified atom stereocenters. The molecule has 0 aliphatic rings. The monoisotopic (exact) mass is 399 g/mol. The maximum absolute atomic E-state index is 13.2. The summed E-state index contributed by atoms with van der Waals surface area (Å²) in [6.45, 7) is -0.268. The maximum atomic E-state index is 13.2. The van der Waals surface area contributed by atoms with Crippen LogP contribution in [-0.2, 0) is 4.79 Å². The van der Waals surface area contributed by atoms with E-state index in [2.05, 4.69) is 5.32 Å². The molecule has 0 aliphatic heterocycles. The number of ether oxygens (including phenoxy) is 2. The van der Waals surface area contributed by atoms with E-state index in [1.807, 2.05) is 17.5 Å². The number of amides is 1. The zero-order valence-electron chi connectivity index (χ0n) is 15.1. The predicted octanol–water partition coefficient (Wildman–Crippen LogP) is 3.99. The van der Waals surface area contributed by atoms with Crippen LogP contribution >= 0.6 is 11.3 Å². The standard InChI is InChI=1S/C21H18FNO4S/c1-26-17-8-9-18(15(11-17)12-24)27-13-20(25)23-21(19-3-2-10-28-19)14-4-6-16(22)7-5-14/h2-12,21H,13H2,1H3,(H,23,25)/t21-/m1/s1. The van der Waals surface area contributed by atoms with Gasteiger partial charge in [0.2, 0.25) is 0 Å². The number of benzene rings is 2. The van der Waals surface area contributed by atoms with Gasteiger partial charge in [-0.05, 0) is 47.3 Å². The third-order valence-electron chi connectivity index (χ3n) is 4.04. The van der Waals surface area contributed by atoms with Gasteiger partial charge in [0, 0.05) is 4.88 Å². The lowest BCUT2D eigenvalue weighted by atomic mass is 10.1. The van der Waals surface area contributed by atoms with E-state index in [1.54, 1.807) is 24.3 Å². The predicted molar refractivity (Wildman–Crippen MR) is 105 cm³/mol. The van der Waals surface area contributed by atoms with E-state index in [0.29, 0.717) is 23.3 Å². The molecule has 1 atom stereocenters. The summed E-state index contributed by atoms with van der Waals surface area (Å²) >= 11 is 1.49. The fraction of sp³-hybridized carbons (Fsp3) is 0.143. The number of hydrogen-bond acceptors (Lipinski definition) is 5. The molecule has 0 spiro atoms. The Hall–Kier alpha value is -3.19. The highest BCUT2D eigenvalue weighted by Gasteiger charge is 2.18. The summed E-state index contributed by atoms with van der Waals surface area (Å²) in [6, 6.07) is 14.1. The molecule has 7 heteroatoms. The van der Waals surface area contributed by atoms with E-state index in [4.69, 9.17) is 9.47 Å². The van der Waals surface area contributed by atoms with Crippen LogP contribution in [0.4, 0.5) is 4.39 Å². The van der Waals surface area contributed by atoms with Gasteiger partial charge in [0.05, 0.1) is 18.7 Å². The van der Waals surface area contributed by atoms with Crippen molar-refractivity contribution in [2.45, 2.75) is 6.04 Å². The molecule has 0 radical (unpaired) electrons. The van der Waals surface area contributed by atoms with Gasteiger partial charge in [-0.25, -0.2) is 4.39 Å². The van der Waals surface area contributed by atoms with Crippen molar-refractivity contribution in [2.75, 3.05) is 13.7 Å². The third kappa shape index (κ3) is 4.75. The molecule has 1 N–H and O–H groups in total. The molecule has 1 aromatic heterocycles. The number of carbonyl (C=O) groups is 2. The van der Waals surface area contributed by atoms with Gasteiger partial charge in [-0.15, -0.1) is 11.3 Å². The van der Waals surface area contributed by atoms with Crippen LogP contribution in [0.1, 0.15) is 26.8 Å². The molecule has 3 aromatic rings. The average molecular weight is 399 g/mol. The van der Waals surface area contributed by atoms with Crippen LogP contribution in [0, 0.1) is 5.82 Å². The van der Waals surface area contributed by atoms with Gasteiger partial charge < -0.3 is 14.8 Å². The van der Waals surface area contributed by atoms with Gasteiger partial charge in [0.15, 0.2) is 12.9 Å². The van der Waals surface area contributed by atoms with Crippen LogP contribution in [0.25, 0.3) is 0 Å². The number of thiophene rings is 1. The van der Waals surface area contributed by atoms with Crippen LogP contribution in [0.5, 0.6) is 11.5 Å². The van der Waals surface area contributed by atoms with Gasteiger partial charge in [0.1, 0.15) is 17.3 Å². The number of carbonyl (C=O) groups excluding carboxylic acids is 2. The Morgan fingerprint density at radius 2 is 2.00 bits per heavy atom. The fourth-order valence-corrected chi connectivity index (χ4v) is 3.45. The first-order valence-corrected chi connectivity index (χ1v) is 9.33. The molecule has 0 saturated heterocycles. The first-order chi connectivity index (χ1) is 13.6. The van der Waals surface area contributed by atoms with E-state index in [9.17, 15) is 14.0 Å². The number of halogens is 1. The quantitative estimate of drug-likeness (QED) is 0.582. The first-order valence-electron chi connectivity index (χ1n) is 8.45. The SMILES string of the molecule is COc1ccc(OCC(=O)N[C@H](c2ccc(F)cc2)c2cccs2)c(C=O)c1. The van der Waals surface area contributed by atoms with Crippen molar-refractivity contribution in [2.24, 2.45) is 0 Å². The number of hydrogen-bond donors (Lipinski definition) is 1. The Kier molecular flexibility index (Phi) is 6.39. The van der Waals surface area contributed by atoms with Gasteiger partial charge >= 0.3 is 0 Å². The van der Waals surface area contributed by atoms with E-state index in [-0.39, 0.29) is 18.3 Å². The van der Waals surface area contributed by atoms with E-state index in [0.717, 1.165) is 10.4 Å². The van der Waals surface area contributed by atoms with Gasteiger partial charge in [-0.3, -0.25) is 9.59 Å². The zero-order chi connectivity index (χ0) is 19.9. The lowest BCUT2D eigenvalue weighted by Gasteiger charge is -2.18. The Bertz CT molecular complexity index is 942. The molecule has 0 bridgehead atoms. The summed E-state index contributed by atoms with van der Waals surface area (Å²) in [4.78, 5) is 24.6. The summed E-state index contributed by atoms with van der Waals surface area (Å²) in [5, 5.41) is 4.80. The molecule has 0 aliphatic carbocycles. The van der Waals surface area contributed by atoms with Crippen LogP contribution in [0.3, 0.4) is 0 Å². The van der Waals surface area contributed by atoms with E-state index < -0.39 is 6.04 Å². The van der Waals surface area contributed by atoms with Crippen LogP contribution in [-0.4, -0.2) is 25.9 Å². The van der Waals surface area contributed by atoms with E-state index >= 15 is 0 Å². The second kappa shape index (κ2) is 9.14. The summed E-state index contributed by atoms with van der Waals surface area (Å²) in [6.07, 6.45) is 0.642. The van der Waals surface area contributed by atoms with Crippen molar-refractivity contribution in [1.82, 2.24) is 5.32 Å². The fourth-order valence-electron chi connectivity index (χ4n) is 2.65. The maximum Gasteiger partial charge on any atom is 0.258 e. The average Bonchev–Trinajstić information content (AvgIpc) is 3.25. The Balaban J connectivity index is 1.71. The molecule has 2 aromatic carbocycles. The minimum absolute atomic E-state index is 0.268. The molecule has 0 saturated carbocycles. The van der Waals surface area contributed by atoms with Crippen molar-refractivity contribution in [3.63, 3.8) is 0 Å². The van der Waals surface area contributed by atoms with Crippen LogP contribution in [0.2, 0.25) is 0 Å². The molecule has 0 fully saturated rings.